The van der Waals surface area contributed by atoms with Crippen molar-refractivity contribution < 1.29 is 9.53 Å². The molecular weight excluding hydrogens is 309 g/mol. The van der Waals surface area contributed by atoms with Crippen LogP contribution >= 0.6 is 23.2 Å². The zero-order valence-corrected chi connectivity index (χ0v) is 14.1. The van der Waals surface area contributed by atoms with Crippen LogP contribution < -0.4 is 10.1 Å². The first kappa shape index (κ1) is 18.1. The first-order valence-electron chi connectivity index (χ1n) is 7.40. The fourth-order valence-electron chi connectivity index (χ4n) is 2.00. The van der Waals surface area contributed by atoms with Crippen molar-refractivity contribution in [3.8, 4) is 5.75 Å². The van der Waals surface area contributed by atoms with Crippen LogP contribution in [0.2, 0.25) is 10.0 Å². The quantitative estimate of drug-likeness (QED) is 0.657. The zero-order valence-electron chi connectivity index (χ0n) is 12.6. The van der Waals surface area contributed by atoms with E-state index in [-0.39, 0.29) is 18.6 Å². The number of nitrogens with one attached hydrogen (secondary N) is 1. The zero-order chi connectivity index (χ0) is 15.7. The molecule has 0 aliphatic rings. The summed E-state index contributed by atoms with van der Waals surface area (Å²) in [5, 5.41) is 3.87. The third kappa shape index (κ3) is 7.58. The second-order valence-corrected chi connectivity index (χ2v) is 6.02. The maximum Gasteiger partial charge on any atom is 0.258 e. The van der Waals surface area contributed by atoms with Gasteiger partial charge in [0, 0.05) is 11.1 Å². The Morgan fingerprint density at radius 2 is 2.05 bits per heavy atom. The molecule has 1 aromatic rings. The molecule has 118 valence electrons. The molecule has 0 fully saturated rings. The number of unbranched alkanes of at least 4 members (excludes halogenated alkanes) is 3. The smallest absolute Gasteiger partial charge is 0.258 e. The van der Waals surface area contributed by atoms with Crippen LogP contribution in [0.5, 0.6) is 5.75 Å². The van der Waals surface area contributed by atoms with Gasteiger partial charge in [0.1, 0.15) is 5.75 Å². The summed E-state index contributed by atoms with van der Waals surface area (Å²) in [5.41, 5.74) is 0. The minimum atomic E-state index is -0.135. The molecule has 1 N–H and O–H groups in total. The van der Waals surface area contributed by atoms with E-state index in [0.717, 1.165) is 12.8 Å². The summed E-state index contributed by atoms with van der Waals surface area (Å²) in [4.78, 5) is 11.8. The summed E-state index contributed by atoms with van der Waals surface area (Å²) in [6.45, 7) is 4.16. The molecule has 0 radical (unpaired) electrons. The second-order valence-electron chi connectivity index (χ2n) is 5.18. The van der Waals surface area contributed by atoms with Gasteiger partial charge in [-0.3, -0.25) is 4.79 Å². The Morgan fingerprint density at radius 1 is 1.29 bits per heavy atom. The highest BCUT2D eigenvalue weighted by molar-refractivity contribution is 6.35. The molecule has 0 saturated carbocycles. The molecule has 0 heterocycles. The number of hydrogen-bond acceptors (Lipinski definition) is 2. The van der Waals surface area contributed by atoms with E-state index in [4.69, 9.17) is 27.9 Å². The van der Waals surface area contributed by atoms with Gasteiger partial charge in [-0.15, -0.1) is 0 Å². The van der Waals surface area contributed by atoms with E-state index in [1.165, 1.54) is 19.3 Å². The second kappa shape index (κ2) is 9.91. The molecule has 1 unspecified atom stereocenters. The van der Waals surface area contributed by atoms with Crippen LogP contribution in [0.4, 0.5) is 0 Å². The molecule has 0 saturated heterocycles. The van der Waals surface area contributed by atoms with Gasteiger partial charge in [0.15, 0.2) is 6.61 Å². The van der Waals surface area contributed by atoms with Crippen LogP contribution in [0.25, 0.3) is 0 Å². The lowest BCUT2D eigenvalue weighted by Gasteiger charge is -2.14. The van der Waals surface area contributed by atoms with Crippen LogP contribution in [-0.2, 0) is 4.79 Å². The monoisotopic (exact) mass is 331 g/mol. The first-order valence-corrected chi connectivity index (χ1v) is 8.15. The van der Waals surface area contributed by atoms with Gasteiger partial charge in [0.25, 0.3) is 5.91 Å². The molecule has 0 spiro atoms. The molecule has 0 aromatic heterocycles. The molecule has 5 heteroatoms. The largest absolute Gasteiger partial charge is 0.482 e. The predicted octanol–water partition coefficient (Wildman–Crippen LogP) is 4.85. The fraction of sp³-hybridized carbons (Fsp3) is 0.562. The minimum Gasteiger partial charge on any atom is -0.482 e. The molecule has 0 bridgehead atoms. The van der Waals surface area contributed by atoms with Crippen LogP contribution in [0.3, 0.4) is 0 Å². The van der Waals surface area contributed by atoms with E-state index in [9.17, 15) is 4.79 Å². The highest BCUT2D eigenvalue weighted by atomic mass is 35.5. The van der Waals surface area contributed by atoms with E-state index in [2.05, 4.69) is 12.2 Å². The molecule has 1 atom stereocenters. The summed E-state index contributed by atoms with van der Waals surface area (Å²) in [6, 6.07) is 5.09. The van der Waals surface area contributed by atoms with Gasteiger partial charge in [-0.25, -0.2) is 0 Å². The highest BCUT2D eigenvalue weighted by Crippen LogP contribution is 2.27. The van der Waals surface area contributed by atoms with E-state index in [0.29, 0.717) is 15.8 Å². The van der Waals surface area contributed by atoms with Gasteiger partial charge in [-0.2, -0.15) is 0 Å². The Balaban J connectivity index is 2.27. The molecule has 1 rings (SSSR count). The van der Waals surface area contributed by atoms with E-state index in [1.807, 2.05) is 6.92 Å². The fourth-order valence-corrected chi connectivity index (χ4v) is 2.46. The minimum absolute atomic E-state index is 0.0410. The maximum atomic E-state index is 11.8. The van der Waals surface area contributed by atoms with Gasteiger partial charge in [0.2, 0.25) is 0 Å². The maximum absolute atomic E-state index is 11.8. The van der Waals surface area contributed by atoms with Crippen molar-refractivity contribution in [2.45, 2.75) is 52.0 Å². The number of hydrogen-bond donors (Lipinski definition) is 1. The van der Waals surface area contributed by atoms with Crippen molar-refractivity contribution in [1.82, 2.24) is 5.32 Å². The third-order valence-electron chi connectivity index (χ3n) is 3.15. The van der Waals surface area contributed by atoms with Crippen LogP contribution in [0, 0.1) is 0 Å². The van der Waals surface area contributed by atoms with Gasteiger partial charge in [-0.05, 0) is 31.5 Å². The Morgan fingerprint density at radius 3 is 2.71 bits per heavy atom. The van der Waals surface area contributed by atoms with E-state index >= 15 is 0 Å². The van der Waals surface area contributed by atoms with Crippen LogP contribution in [0.1, 0.15) is 46.0 Å². The predicted molar refractivity (Wildman–Crippen MR) is 88.3 cm³/mol. The van der Waals surface area contributed by atoms with Crippen molar-refractivity contribution in [2.75, 3.05) is 6.61 Å². The summed E-state index contributed by atoms with van der Waals surface area (Å²) in [7, 11) is 0. The number of benzene rings is 1. The van der Waals surface area contributed by atoms with Crippen molar-refractivity contribution in [3.63, 3.8) is 0 Å². The van der Waals surface area contributed by atoms with Gasteiger partial charge < -0.3 is 10.1 Å². The average Bonchev–Trinajstić information content (AvgIpc) is 2.42. The number of amides is 1. The number of ether oxygens (including phenoxy) is 1. The van der Waals surface area contributed by atoms with Crippen molar-refractivity contribution in [1.29, 1.82) is 0 Å². The number of rotatable bonds is 9. The summed E-state index contributed by atoms with van der Waals surface area (Å²) in [6.07, 6.45) is 5.81. The summed E-state index contributed by atoms with van der Waals surface area (Å²) in [5.74, 6) is 0.329. The lowest BCUT2D eigenvalue weighted by Crippen LogP contribution is -2.36. The van der Waals surface area contributed by atoms with Gasteiger partial charge >= 0.3 is 0 Å². The Bertz CT molecular complexity index is 452. The highest BCUT2D eigenvalue weighted by Gasteiger charge is 2.09. The average molecular weight is 332 g/mol. The lowest BCUT2D eigenvalue weighted by molar-refractivity contribution is -0.123. The standard InChI is InChI=1S/C16H23Cl2NO2/c1-3-4-5-6-7-12(2)19-16(20)11-21-15-9-8-13(17)10-14(15)18/h8-10,12H,3-7,11H2,1-2H3,(H,19,20). The molecule has 3 nitrogen and oxygen atoms in total. The van der Waals surface area contributed by atoms with E-state index in [1.54, 1.807) is 18.2 Å². The molecule has 0 aliphatic carbocycles. The van der Waals surface area contributed by atoms with E-state index < -0.39 is 0 Å². The molecule has 1 aromatic carbocycles. The molecular formula is C16H23Cl2NO2. The normalized spacial score (nSPS) is 12.0. The number of carbonyl (C=O) groups excluding carboxylic acids is 1. The van der Waals surface area contributed by atoms with Gasteiger partial charge in [0.05, 0.1) is 5.02 Å². The van der Waals surface area contributed by atoms with Crippen LogP contribution in [0.15, 0.2) is 18.2 Å². The molecule has 0 aliphatic heterocycles. The first-order chi connectivity index (χ1) is 10.0. The van der Waals surface area contributed by atoms with Crippen LogP contribution in [-0.4, -0.2) is 18.6 Å². The van der Waals surface area contributed by atoms with Crippen molar-refractivity contribution in [2.24, 2.45) is 0 Å². The van der Waals surface area contributed by atoms with Crippen molar-refractivity contribution in [3.05, 3.63) is 28.2 Å². The molecule has 21 heavy (non-hydrogen) atoms. The number of halogens is 2. The Kier molecular flexibility index (Phi) is 8.55. The van der Waals surface area contributed by atoms with Crippen molar-refractivity contribution >= 4 is 29.1 Å². The third-order valence-corrected chi connectivity index (χ3v) is 3.68. The summed E-state index contributed by atoms with van der Waals surface area (Å²) >= 11 is 11.8. The Labute approximate surface area is 137 Å². The Hall–Kier alpha value is -0.930. The topological polar surface area (TPSA) is 38.3 Å². The molecule has 1 amide bonds. The number of carbonyl (C=O) groups is 1. The SMILES string of the molecule is CCCCCCC(C)NC(=O)COc1ccc(Cl)cc1Cl. The summed E-state index contributed by atoms with van der Waals surface area (Å²) < 4.78 is 5.39. The lowest BCUT2D eigenvalue weighted by atomic mass is 10.1. The van der Waals surface area contributed by atoms with Gasteiger partial charge in [-0.1, -0.05) is 55.8 Å².